The molecule has 0 spiro atoms. The lowest BCUT2D eigenvalue weighted by atomic mass is 10.1. The van der Waals surface area contributed by atoms with Crippen molar-refractivity contribution in [1.29, 1.82) is 0 Å². The molecule has 0 aliphatic carbocycles. The van der Waals surface area contributed by atoms with E-state index in [9.17, 15) is 9.90 Å². The molecule has 4 nitrogen and oxygen atoms in total. The molecule has 1 unspecified atom stereocenters. The van der Waals surface area contributed by atoms with E-state index in [1.165, 1.54) is 0 Å². The summed E-state index contributed by atoms with van der Waals surface area (Å²) in [6, 6.07) is 7.42. The molecule has 1 fully saturated rings. The normalized spacial score (nSPS) is 18.4. The lowest BCUT2D eigenvalue weighted by molar-refractivity contribution is 0.0678. The number of amides is 1. The van der Waals surface area contributed by atoms with E-state index in [0.717, 1.165) is 25.1 Å². The van der Waals surface area contributed by atoms with Crippen LogP contribution >= 0.6 is 0 Å². The largest absolute Gasteiger partial charge is 0.394 e. The third-order valence-corrected chi connectivity index (χ3v) is 3.44. The van der Waals surface area contributed by atoms with E-state index in [1.54, 1.807) is 11.0 Å². The molecule has 1 amide bonds. The smallest absolute Gasteiger partial charge is 0.256 e. The Kier molecular flexibility index (Phi) is 4.58. The molecule has 2 rings (SSSR count). The van der Waals surface area contributed by atoms with Gasteiger partial charge < -0.3 is 15.3 Å². The number of nitrogens with one attached hydrogen (secondary N) is 1. The fourth-order valence-electron chi connectivity index (χ4n) is 2.45. The van der Waals surface area contributed by atoms with Gasteiger partial charge in [-0.05, 0) is 25.0 Å². The zero-order valence-electron chi connectivity index (χ0n) is 11.0. The Morgan fingerprint density at radius 3 is 3.05 bits per heavy atom. The number of aliphatic hydroxyl groups is 1. The summed E-state index contributed by atoms with van der Waals surface area (Å²) in [6.07, 6.45) is 3.59. The van der Waals surface area contributed by atoms with E-state index in [2.05, 4.69) is 11.9 Å². The summed E-state index contributed by atoms with van der Waals surface area (Å²) in [7, 11) is 0. The number of para-hydroxylation sites is 1. The molecule has 1 aliphatic heterocycles. The summed E-state index contributed by atoms with van der Waals surface area (Å²) in [5.41, 5.74) is 1.47. The quantitative estimate of drug-likeness (QED) is 0.795. The van der Waals surface area contributed by atoms with E-state index in [0.29, 0.717) is 12.1 Å². The van der Waals surface area contributed by atoms with E-state index in [1.807, 2.05) is 24.3 Å². The number of carbonyl (C=O) groups is 1. The summed E-state index contributed by atoms with van der Waals surface area (Å²) in [5.74, 6) is -0.0105. The van der Waals surface area contributed by atoms with Crippen molar-refractivity contribution >= 4 is 11.6 Å². The third-order valence-electron chi connectivity index (χ3n) is 3.44. The molecule has 0 saturated carbocycles. The van der Waals surface area contributed by atoms with Crippen LogP contribution in [0.1, 0.15) is 23.2 Å². The summed E-state index contributed by atoms with van der Waals surface area (Å²) in [6.45, 7) is 5.04. The van der Waals surface area contributed by atoms with Gasteiger partial charge in [-0.25, -0.2) is 0 Å². The lowest BCUT2D eigenvalue weighted by Crippen LogP contribution is -2.37. The molecule has 19 heavy (non-hydrogen) atoms. The van der Waals surface area contributed by atoms with Crippen LogP contribution in [0, 0.1) is 0 Å². The number of carbonyl (C=O) groups excluding carboxylic acids is 1. The van der Waals surface area contributed by atoms with Gasteiger partial charge >= 0.3 is 0 Å². The van der Waals surface area contributed by atoms with Crippen LogP contribution in [0.5, 0.6) is 0 Å². The van der Waals surface area contributed by atoms with Crippen molar-refractivity contribution in [2.75, 3.05) is 25.0 Å². The first-order valence-corrected chi connectivity index (χ1v) is 6.63. The van der Waals surface area contributed by atoms with E-state index in [4.69, 9.17) is 0 Å². The van der Waals surface area contributed by atoms with Gasteiger partial charge in [0.2, 0.25) is 0 Å². The molecule has 102 valence electrons. The highest BCUT2D eigenvalue weighted by atomic mass is 16.3. The summed E-state index contributed by atoms with van der Waals surface area (Å²) in [4.78, 5) is 14.3. The van der Waals surface area contributed by atoms with Crippen molar-refractivity contribution in [2.45, 2.75) is 18.9 Å². The zero-order chi connectivity index (χ0) is 13.7. The average molecular weight is 260 g/mol. The van der Waals surface area contributed by atoms with Crippen molar-refractivity contribution < 1.29 is 9.90 Å². The Morgan fingerprint density at radius 2 is 2.32 bits per heavy atom. The maximum absolute atomic E-state index is 12.5. The molecule has 0 radical (unpaired) electrons. The number of benzene rings is 1. The number of rotatable bonds is 5. The van der Waals surface area contributed by atoms with E-state index in [-0.39, 0.29) is 18.6 Å². The van der Waals surface area contributed by atoms with Crippen molar-refractivity contribution in [3.05, 3.63) is 42.5 Å². The predicted molar refractivity (Wildman–Crippen MR) is 76.3 cm³/mol. The molecule has 1 aliphatic rings. The van der Waals surface area contributed by atoms with Crippen LogP contribution in [-0.4, -0.2) is 41.7 Å². The van der Waals surface area contributed by atoms with Gasteiger partial charge in [0.25, 0.3) is 5.91 Å². The topological polar surface area (TPSA) is 52.6 Å². The van der Waals surface area contributed by atoms with Gasteiger partial charge in [0.15, 0.2) is 0 Å². The highest BCUT2D eigenvalue weighted by molar-refractivity contribution is 6.00. The molecule has 0 bridgehead atoms. The molecule has 1 heterocycles. The van der Waals surface area contributed by atoms with Gasteiger partial charge in [-0.1, -0.05) is 18.2 Å². The maximum Gasteiger partial charge on any atom is 0.256 e. The summed E-state index contributed by atoms with van der Waals surface area (Å²) >= 11 is 0. The van der Waals surface area contributed by atoms with E-state index < -0.39 is 0 Å². The van der Waals surface area contributed by atoms with Crippen LogP contribution in [-0.2, 0) is 0 Å². The Morgan fingerprint density at radius 1 is 1.53 bits per heavy atom. The number of hydrogen-bond acceptors (Lipinski definition) is 3. The summed E-state index contributed by atoms with van der Waals surface area (Å²) < 4.78 is 0. The number of hydrogen-bond donors (Lipinski definition) is 2. The summed E-state index contributed by atoms with van der Waals surface area (Å²) in [5, 5.41) is 12.5. The Bertz CT molecular complexity index is 459. The Balaban J connectivity index is 2.20. The van der Waals surface area contributed by atoms with Gasteiger partial charge in [-0.15, -0.1) is 6.58 Å². The van der Waals surface area contributed by atoms with Gasteiger partial charge in [-0.2, -0.15) is 0 Å². The Hall–Kier alpha value is -1.81. The predicted octanol–water partition coefficient (Wildman–Crippen LogP) is 1.88. The second-order valence-electron chi connectivity index (χ2n) is 4.69. The number of aliphatic hydroxyl groups excluding tert-OH is 1. The minimum atomic E-state index is -0.0417. The minimum absolute atomic E-state index is 0.0105. The minimum Gasteiger partial charge on any atom is -0.394 e. The van der Waals surface area contributed by atoms with E-state index >= 15 is 0 Å². The first-order valence-electron chi connectivity index (χ1n) is 6.63. The van der Waals surface area contributed by atoms with Crippen molar-refractivity contribution in [1.82, 2.24) is 4.90 Å². The number of anilines is 1. The first kappa shape index (κ1) is 13.6. The van der Waals surface area contributed by atoms with Crippen LogP contribution in [0.3, 0.4) is 0 Å². The monoisotopic (exact) mass is 260 g/mol. The molecule has 1 saturated heterocycles. The van der Waals surface area contributed by atoms with Crippen LogP contribution in [0.2, 0.25) is 0 Å². The molecule has 1 atom stereocenters. The maximum atomic E-state index is 12.5. The van der Waals surface area contributed by atoms with Crippen LogP contribution < -0.4 is 5.32 Å². The van der Waals surface area contributed by atoms with Gasteiger partial charge in [0.05, 0.1) is 18.2 Å². The second kappa shape index (κ2) is 6.38. The first-order chi connectivity index (χ1) is 9.27. The molecule has 2 N–H and O–H groups in total. The molecule has 4 heteroatoms. The standard InChI is InChI=1S/C15H20N2O2/c1-2-9-16-14-8-4-3-7-13(14)15(19)17-10-5-6-12(17)11-18/h2-4,7-8,12,16,18H,1,5-6,9-11H2. The van der Waals surface area contributed by atoms with Gasteiger partial charge in [0.1, 0.15) is 0 Å². The molecule has 1 aromatic carbocycles. The average Bonchev–Trinajstić information content (AvgIpc) is 2.93. The Labute approximate surface area is 113 Å². The van der Waals surface area contributed by atoms with Crippen molar-refractivity contribution in [3.63, 3.8) is 0 Å². The van der Waals surface area contributed by atoms with Crippen LogP contribution in [0.4, 0.5) is 5.69 Å². The molecular weight excluding hydrogens is 240 g/mol. The number of likely N-dealkylation sites (tertiary alicyclic amines) is 1. The molecule has 0 aromatic heterocycles. The fraction of sp³-hybridized carbons (Fsp3) is 0.400. The second-order valence-corrected chi connectivity index (χ2v) is 4.69. The highest BCUT2D eigenvalue weighted by Gasteiger charge is 2.29. The lowest BCUT2D eigenvalue weighted by Gasteiger charge is -2.24. The van der Waals surface area contributed by atoms with Crippen LogP contribution in [0.25, 0.3) is 0 Å². The van der Waals surface area contributed by atoms with Crippen molar-refractivity contribution in [3.8, 4) is 0 Å². The highest BCUT2D eigenvalue weighted by Crippen LogP contribution is 2.23. The molecule has 1 aromatic rings. The van der Waals surface area contributed by atoms with Crippen LogP contribution in [0.15, 0.2) is 36.9 Å². The number of nitrogens with zero attached hydrogens (tertiary/aromatic N) is 1. The van der Waals surface area contributed by atoms with Gasteiger partial charge in [0, 0.05) is 18.8 Å². The fourth-order valence-corrected chi connectivity index (χ4v) is 2.45. The molecular formula is C15H20N2O2. The van der Waals surface area contributed by atoms with Gasteiger partial charge in [-0.3, -0.25) is 4.79 Å². The zero-order valence-corrected chi connectivity index (χ0v) is 11.0. The third kappa shape index (κ3) is 2.96. The van der Waals surface area contributed by atoms with Crippen molar-refractivity contribution in [2.24, 2.45) is 0 Å². The SMILES string of the molecule is C=CCNc1ccccc1C(=O)N1CCCC1CO.